The monoisotopic (exact) mass is 404 g/mol. The largest absolute Gasteiger partial charge is 0.490 e. The second kappa shape index (κ2) is 10.3. The molecule has 0 saturated heterocycles. The van der Waals surface area contributed by atoms with Crippen molar-refractivity contribution < 1.29 is 14.3 Å². The molecule has 0 bridgehead atoms. The average molecular weight is 405 g/mol. The molecule has 0 heterocycles. The van der Waals surface area contributed by atoms with Gasteiger partial charge >= 0.3 is 0 Å². The van der Waals surface area contributed by atoms with E-state index >= 15 is 0 Å². The van der Waals surface area contributed by atoms with Crippen molar-refractivity contribution >= 4 is 17.3 Å². The summed E-state index contributed by atoms with van der Waals surface area (Å²) in [5.41, 5.74) is 3.62. The zero-order chi connectivity index (χ0) is 21.3. The minimum Gasteiger partial charge on any atom is -0.490 e. The lowest BCUT2D eigenvalue weighted by molar-refractivity contribution is -0.116. The number of benzene rings is 3. The van der Waals surface area contributed by atoms with E-state index in [9.17, 15) is 4.79 Å². The van der Waals surface area contributed by atoms with E-state index in [1.807, 2.05) is 93.6 Å². The van der Waals surface area contributed by atoms with Gasteiger partial charge in [-0.3, -0.25) is 4.79 Å². The van der Waals surface area contributed by atoms with E-state index in [2.05, 4.69) is 10.6 Å². The Balaban J connectivity index is 1.72. The molecule has 156 valence electrons. The van der Waals surface area contributed by atoms with E-state index in [-0.39, 0.29) is 5.91 Å². The summed E-state index contributed by atoms with van der Waals surface area (Å²) in [5, 5.41) is 6.28. The molecule has 5 heteroatoms. The van der Waals surface area contributed by atoms with Gasteiger partial charge in [0.1, 0.15) is 6.04 Å². The lowest BCUT2D eigenvalue weighted by Crippen LogP contribution is -2.32. The number of amides is 1. The van der Waals surface area contributed by atoms with E-state index < -0.39 is 6.04 Å². The van der Waals surface area contributed by atoms with Crippen LogP contribution >= 0.6 is 0 Å². The normalized spacial score (nSPS) is 11.4. The van der Waals surface area contributed by atoms with E-state index in [0.29, 0.717) is 24.7 Å². The second-order valence-electron chi connectivity index (χ2n) is 6.79. The molecule has 0 unspecified atom stereocenters. The quantitative estimate of drug-likeness (QED) is 0.488. The van der Waals surface area contributed by atoms with Crippen LogP contribution in [0.1, 0.15) is 20.8 Å². The Labute approximate surface area is 178 Å². The topological polar surface area (TPSA) is 59.6 Å². The van der Waals surface area contributed by atoms with Crippen molar-refractivity contribution in [1.82, 2.24) is 0 Å². The second-order valence-corrected chi connectivity index (χ2v) is 6.79. The van der Waals surface area contributed by atoms with Crippen LogP contribution in [0.5, 0.6) is 11.5 Å². The molecule has 2 N–H and O–H groups in total. The van der Waals surface area contributed by atoms with Crippen molar-refractivity contribution in [2.24, 2.45) is 0 Å². The van der Waals surface area contributed by atoms with Crippen molar-refractivity contribution in [3.05, 3.63) is 72.8 Å². The van der Waals surface area contributed by atoms with Crippen LogP contribution in [-0.4, -0.2) is 25.2 Å². The third-order valence-electron chi connectivity index (χ3n) is 4.59. The first-order valence-electron chi connectivity index (χ1n) is 10.2. The van der Waals surface area contributed by atoms with Gasteiger partial charge in [-0.05, 0) is 44.5 Å². The van der Waals surface area contributed by atoms with Gasteiger partial charge in [-0.15, -0.1) is 0 Å². The predicted molar refractivity (Wildman–Crippen MR) is 122 cm³/mol. The third-order valence-corrected chi connectivity index (χ3v) is 4.59. The zero-order valence-corrected chi connectivity index (χ0v) is 17.6. The predicted octanol–water partition coefficient (Wildman–Crippen LogP) is 5.59. The molecular formula is C25H28N2O3. The summed E-state index contributed by atoms with van der Waals surface area (Å²) >= 11 is 0. The van der Waals surface area contributed by atoms with E-state index in [1.165, 1.54) is 0 Å². The molecule has 0 aliphatic heterocycles. The Bertz CT molecular complexity index is 973. The number of carbonyl (C=O) groups excluding carboxylic acids is 1. The molecular weight excluding hydrogens is 376 g/mol. The van der Waals surface area contributed by atoms with Gasteiger partial charge in [-0.25, -0.2) is 0 Å². The highest BCUT2D eigenvalue weighted by Crippen LogP contribution is 2.31. The Hall–Kier alpha value is -3.47. The molecule has 1 amide bonds. The summed E-state index contributed by atoms with van der Waals surface area (Å²) in [6, 6.07) is 23.0. The molecule has 0 aromatic heterocycles. The Morgan fingerprint density at radius 3 is 2.27 bits per heavy atom. The van der Waals surface area contributed by atoms with Crippen LogP contribution in [0.4, 0.5) is 11.4 Å². The molecule has 3 rings (SSSR count). The molecule has 0 fully saturated rings. The lowest BCUT2D eigenvalue weighted by Gasteiger charge is -2.18. The standard InChI is InChI=1S/C25H28N2O3/c1-4-29-23-16-15-20(17-24(23)30-5-2)26-18(3)25(28)27-22-14-10-9-13-21(22)19-11-7-6-8-12-19/h6-18,26H,4-5H2,1-3H3,(H,27,28)/t18-/m1/s1. The molecule has 3 aromatic carbocycles. The summed E-state index contributed by atoms with van der Waals surface area (Å²) in [5.74, 6) is 1.23. The maximum Gasteiger partial charge on any atom is 0.246 e. The van der Waals surface area contributed by atoms with Crippen molar-refractivity contribution in [1.29, 1.82) is 0 Å². The van der Waals surface area contributed by atoms with Gasteiger partial charge in [0.25, 0.3) is 0 Å². The highest BCUT2D eigenvalue weighted by atomic mass is 16.5. The highest BCUT2D eigenvalue weighted by molar-refractivity contribution is 5.99. The number of rotatable bonds is 9. The van der Waals surface area contributed by atoms with Crippen LogP contribution in [0.15, 0.2) is 72.8 Å². The van der Waals surface area contributed by atoms with Crippen molar-refractivity contribution in [3.63, 3.8) is 0 Å². The molecule has 30 heavy (non-hydrogen) atoms. The average Bonchev–Trinajstić information content (AvgIpc) is 2.77. The molecule has 0 radical (unpaired) electrons. The van der Waals surface area contributed by atoms with Crippen LogP contribution in [0.3, 0.4) is 0 Å². The van der Waals surface area contributed by atoms with Gasteiger partial charge in [0.05, 0.1) is 13.2 Å². The minimum atomic E-state index is -0.443. The van der Waals surface area contributed by atoms with Crippen LogP contribution < -0.4 is 20.1 Å². The first-order chi connectivity index (χ1) is 14.6. The Morgan fingerprint density at radius 2 is 1.53 bits per heavy atom. The van der Waals surface area contributed by atoms with E-state index in [4.69, 9.17) is 9.47 Å². The fourth-order valence-corrected chi connectivity index (χ4v) is 3.16. The fourth-order valence-electron chi connectivity index (χ4n) is 3.16. The van der Waals surface area contributed by atoms with Crippen LogP contribution in [0.25, 0.3) is 11.1 Å². The van der Waals surface area contributed by atoms with E-state index in [1.54, 1.807) is 0 Å². The summed E-state index contributed by atoms with van der Waals surface area (Å²) in [6.07, 6.45) is 0. The molecule has 0 spiro atoms. The van der Waals surface area contributed by atoms with E-state index in [0.717, 1.165) is 22.5 Å². The van der Waals surface area contributed by atoms with Gasteiger partial charge in [0.2, 0.25) is 5.91 Å². The molecule has 0 aliphatic carbocycles. The minimum absolute atomic E-state index is 0.120. The number of para-hydroxylation sites is 1. The van der Waals surface area contributed by atoms with Gasteiger partial charge in [-0.1, -0.05) is 48.5 Å². The Morgan fingerprint density at radius 1 is 0.867 bits per heavy atom. The molecule has 0 aliphatic rings. The number of ether oxygens (including phenoxy) is 2. The van der Waals surface area contributed by atoms with Crippen molar-refractivity contribution in [3.8, 4) is 22.6 Å². The van der Waals surface area contributed by atoms with Gasteiger partial charge in [0.15, 0.2) is 11.5 Å². The third kappa shape index (κ3) is 5.32. The maximum absolute atomic E-state index is 12.9. The number of anilines is 2. The van der Waals surface area contributed by atoms with Gasteiger partial charge in [0, 0.05) is 23.0 Å². The van der Waals surface area contributed by atoms with Crippen LogP contribution in [-0.2, 0) is 4.79 Å². The number of hydrogen-bond acceptors (Lipinski definition) is 4. The van der Waals surface area contributed by atoms with Gasteiger partial charge < -0.3 is 20.1 Å². The molecule has 5 nitrogen and oxygen atoms in total. The SMILES string of the molecule is CCOc1ccc(N[C@H](C)C(=O)Nc2ccccc2-c2ccccc2)cc1OCC. The smallest absolute Gasteiger partial charge is 0.246 e. The first-order valence-corrected chi connectivity index (χ1v) is 10.2. The maximum atomic E-state index is 12.9. The molecule has 1 atom stereocenters. The summed E-state index contributed by atoms with van der Waals surface area (Å²) in [4.78, 5) is 12.9. The number of carbonyl (C=O) groups is 1. The number of nitrogens with one attached hydrogen (secondary N) is 2. The summed E-state index contributed by atoms with van der Waals surface area (Å²) in [7, 11) is 0. The zero-order valence-electron chi connectivity index (χ0n) is 17.6. The highest BCUT2D eigenvalue weighted by Gasteiger charge is 2.16. The first kappa shape index (κ1) is 21.2. The summed E-state index contributed by atoms with van der Waals surface area (Å²) < 4.78 is 11.3. The fraction of sp³-hybridized carbons (Fsp3) is 0.240. The molecule has 0 saturated carbocycles. The summed E-state index contributed by atoms with van der Waals surface area (Å²) in [6.45, 7) is 6.79. The van der Waals surface area contributed by atoms with Gasteiger partial charge in [-0.2, -0.15) is 0 Å². The van der Waals surface area contributed by atoms with Crippen molar-refractivity contribution in [2.45, 2.75) is 26.8 Å². The number of hydrogen-bond donors (Lipinski definition) is 2. The van der Waals surface area contributed by atoms with Crippen LogP contribution in [0, 0.1) is 0 Å². The Kier molecular flexibility index (Phi) is 7.33. The molecule has 3 aromatic rings. The lowest BCUT2D eigenvalue weighted by atomic mass is 10.0. The van der Waals surface area contributed by atoms with Crippen LogP contribution in [0.2, 0.25) is 0 Å². The van der Waals surface area contributed by atoms with Crippen molar-refractivity contribution in [2.75, 3.05) is 23.8 Å².